The molecule has 0 spiro atoms. The smallest absolute Gasteiger partial charge is 0.311 e. The van der Waals surface area contributed by atoms with Crippen LogP contribution in [-0.4, -0.2) is 61.8 Å². The van der Waals surface area contributed by atoms with Crippen LogP contribution in [0.25, 0.3) is 22.8 Å². The second-order valence-electron chi connectivity index (χ2n) is 10.9. The van der Waals surface area contributed by atoms with Crippen LogP contribution in [0.5, 0.6) is 5.75 Å². The van der Waals surface area contributed by atoms with E-state index in [1.807, 2.05) is 18.2 Å². The molecule has 1 aliphatic rings. The molecule has 224 valence electrons. The Hall–Kier alpha value is -4.15. The van der Waals surface area contributed by atoms with Gasteiger partial charge in [0.1, 0.15) is 18.1 Å². The van der Waals surface area contributed by atoms with E-state index in [4.69, 9.17) is 32.2 Å². The maximum atomic E-state index is 14.1. The van der Waals surface area contributed by atoms with Gasteiger partial charge in [-0.25, -0.2) is 23.3 Å². The third-order valence-corrected chi connectivity index (χ3v) is 8.76. The lowest BCUT2D eigenvalue weighted by Gasteiger charge is -2.45. The van der Waals surface area contributed by atoms with Gasteiger partial charge in [-0.3, -0.25) is 9.78 Å². The predicted molar refractivity (Wildman–Crippen MR) is 161 cm³/mol. The van der Waals surface area contributed by atoms with E-state index in [0.29, 0.717) is 33.5 Å². The molecular formula is C32H35ClFN6O3+. The van der Waals surface area contributed by atoms with Gasteiger partial charge in [-0.1, -0.05) is 23.7 Å². The standard InChI is InChI=1S/C32H34ClFN6O3/c1-21(41)40(26-8-3-4-9-26,28(30(35)42)19-22-6-5-7-25(34)18-22)17-16-39-32(24-10-11-29(43-2)27(33)20-24)37-31(38-39)23-12-14-36-15-13-23/h5-7,10-15,18,20,26,28H,3-4,8-9,16-17,19H2,1-2H3,(H-,35,42)/p+1/t28-,40?/m0/s1. The molecule has 1 saturated carbocycles. The van der Waals surface area contributed by atoms with Gasteiger partial charge in [0.25, 0.3) is 5.91 Å². The van der Waals surface area contributed by atoms with E-state index in [9.17, 15) is 14.0 Å². The molecule has 5 rings (SSSR count). The first-order valence-corrected chi connectivity index (χ1v) is 14.7. The van der Waals surface area contributed by atoms with Crippen LogP contribution >= 0.6 is 11.6 Å². The molecule has 9 nitrogen and oxygen atoms in total. The maximum absolute atomic E-state index is 14.1. The summed E-state index contributed by atoms with van der Waals surface area (Å²) in [5.74, 6) is 0.403. The maximum Gasteiger partial charge on any atom is 0.311 e. The number of aromatic nitrogens is 4. The highest BCUT2D eigenvalue weighted by Crippen LogP contribution is 2.35. The quantitative estimate of drug-likeness (QED) is 0.235. The van der Waals surface area contributed by atoms with Gasteiger partial charge < -0.3 is 10.5 Å². The highest BCUT2D eigenvalue weighted by Gasteiger charge is 2.51. The number of ether oxygens (including phenoxy) is 1. The van der Waals surface area contributed by atoms with E-state index in [0.717, 1.165) is 31.2 Å². The number of hydrogen-bond donors (Lipinski definition) is 1. The number of pyridine rings is 1. The van der Waals surface area contributed by atoms with E-state index in [1.54, 1.807) is 48.5 Å². The first-order valence-electron chi connectivity index (χ1n) is 14.3. The van der Waals surface area contributed by atoms with Crippen molar-refractivity contribution in [2.24, 2.45) is 5.73 Å². The summed E-state index contributed by atoms with van der Waals surface area (Å²) < 4.78 is 21.1. The normalized spacial score (nSPS) is 15.6. The summed E-state index contributed by atoms with van der Waals surface area (Å²) in [6.07, 6.45) is 6.95. The molecule has 2 aromatic carbocycles. The second kappa shape index (κ2) is 13.0. The fourth-order valence-corrected chi connectivity index (χ4v) is 6.63. The fraction of sp³-hybridized carbons (Fsp3) is 0.344. The zero-order valence-corrected chi connectivity index (χ0v) is 25.0. The van der Waals surface area contributed by atoms with Gasteiger partial charge in [0.15, 0.2) is 17.7 Å². The minimum atomic E-state index is -0.885. The minimum Gasteiger partial charge on any atom is -0.495 e. The van der Waals surface area contributed by atoms with Crippen molar-refractivity contribution in [1.82, 2.24) is 19.7 Å². The molecule has 1 unspecified atom stereocenters. The first kappa shape index (κ1) is 30.3. The van der Waals surface area contributed by atoms with Crippen molar-refractivity contribution < 1.29 is 23.2 Å². The Kier molecular flexibility index (Phi) is 9.17. The lowest BCUT2D eigenvalue weighted by Crippen LogP contribution is -2.68. The monoisotopic (exact) mass is 605 g/mol. The molecular weight excluding hydrogens is 571 g/mol. The molecule has 2 atom stereocenters. The first-order chi connectivity index (χ1) is 20.7. The van der Waals surface area contributed by atoms with Crippen LogP contribution < -0.4 is 10.5 Å². The van der Waals surface area contributed by atoms with Crippen LogP contribution in [-0.2, 0) is 22.6 Å². The molecule has 1 aliphatic carbocycles. The Bertz CT molecular complexity index is 1610. The largest absolute Gasteiger partial charge is 0.495 e. The molecule has 1 fully saturated rings. The number of quaternary nitrogens is 1. The number of nitrogens with zero attached hydrogens (tertiary/aromatic N) is 5. The molecule has 2 heterocycles. The van der Waals surface area contributed by atoms with Crippen LogP contribution in [0.15, 0.2) is 67.0 Å². The molecule has 0 radical (unpaired) electrons. The van der Waals surface area contributed by atoms with Crippen molar-refractivity contribution in [3.05, 3.63) is 83.4 Å². The van der Waals surface area contributed by atoms with E-state index >= 15 is 0 Å². The van der Waals surface area contributed by atoms with Crippen LogP contribution in [0.1, 0.15) is 38.2 Å². The summed E-state index contributed by atoms with van der Waals surface area (Å²) in [5, 5.41) is 5.25. The van der Waals surface area contributed by atoms with Crippen molar-refractivity contribution in [3.8, 4) is 28.5 Å². The average Bonchev–Trinajstić information content (AvgIpc) is 3.68. The van der Waals surface area contributed by atoms with E-state index in [2.05, 4.69) is 4.98 Å². The van der Waals surface area contributed by atoms with Crippen LogP contribution in [0.2, 0.25) is 5.02 Å². The number of rotatable bonds is 11. The molecule has 0 bridgehead atoms. The number of carbonyl (C=O) groups is 2. The second-order valence-corrected chi connectivity index (χ2v) is 11.3. The third-order valence-electron chi connectivity index (χ3n) is 8.47. The molecule has 11 heteroatoms. The lowest BCUT2D eigenvalue weighted by atomic mass is 9.96. The van der Waals surface area contributed by atoms with E-state index < -0.39 is 17.8 Å². The summed E-state index contributed by atoms with van der Waals surface area (Å²) in [5.41, 5.74) is 8.16. The van der Waals surface area contributed by atoms with Gasteiger partial charge in [0, 0.05) is 29.9 Å². The van der Waals surface area contributed by atoms with Crippen molar-refractivity contribution >= 4 is 23.4 Å². The third kappa shape index (κ3) is 6.30. The number of primary amides is 1. The molecule has 4 aromatic rings. The minimum absolute atomic E-state index is 0.106. The lowest BCUT2D eigenvalue weighted by molar-refractivity contribution is -0.894. The number of amides is 2. The van der Waals surface area contributed by atoms with E-state index in [1.165, 1.54) is 19.1 Å². The van der Waals surface area contributed by atoms with Gasteiger partial charge in [-0.2, -0.15) is 5.10 Å². The molecule has 2 N–H and O–H groups in total. The van der Waals surface area contributed by atoms with Gasteiger partial charge in [-0.15, -0.1) is 0 Å². The molecule has 43 heavy (non-hydrogen) atoms. The summed E-state index contributed by atoms with van der Waals surface area (Å²) in [6.45, 7) is 2.03. The highest BCUT2D eigenvalue weighted by atomic mass is 35.5. The number of carbonyl (C=O) groups excluding carboxylic acids is 2. The Morgan fingerprint density at radius 2 is 1.86 bits per heavy atom. The molecule has 0 aliphatic heterocycles. The predicted octanol–water partition coefficient (Wildman–Crippen LogP) is 5.21. The summed E-state index contributed by atoms with van der Waals surface area (Å²) >= 11 is 6.48. The summed E-state index contributed by atoms with van der Waals surface area (Å²) in [7, 11) is 1.55. The van der Waals surface area contributed by atoms with Gasteiger partial charge in [0.05, 0.1) is 31.6 Å². The van der Waals surface area contributed by atoms with Crippen molar-refractivity contribution in [3.63, 3.8) is 0 Å². The number of halogens is 2. The Morgan fingerprint density at radius 3 is 2.49 bits per heavy atom. The SMILES string of the molecule is COc1ccc(-c2nc(-c3ccncc3)nn2CC[N+](C(C)=O)(C2CCCC2)[C@@H](Cc2cccc(F)c2)C(N)=O)cc1Cl. The van der Waals surface area contributed by atoms with Gasteiger partial charge in [-0.05, 0) is 73.7 Å². The van der Waals surface area contributed by atoms with Crippen LogP contribution in [0, 0.1) is 5.82 Å². The zero-order valence-electron chi connectivity index (χ0n) is 24.2. The van der Waals surface area contributed by atoms with Gasteiger partial charge >= 0.3 is 5.91 Å². The number of methoxy groups -OCH3 is 1. The fourth-order valence-electron chi connectivity index (χ4n) is 6.37. The Morgan fingerprint density at radius 1 is 1.12 bits per heavy atom. The van der Waals surface area contributed by atoms with Crippen molar-refractivity contribution in [1.29, 1.82) is 0 Å². The van der Waals surface area contributed by atoms with Crippen LogP contribution in [0.4, 0.5) is 4.39 Å². The molecule has 2 amide bonds. The summed E-state index contributed by atoms with van der Waals surface area (Å²) in [6, 6.07) is 14.1. The van der Waals surface area contributed by atoms with E-state index in [-0.39, 0.29) is 35.9 Å². The Labute approximate surface area is 255 Å². The highest BCUT2D eigenvalue weighted by molar-refractivity contribution is 6.32. The Balaban J connectivity index is 1.58. The number of nitrogens with two attached hydrogens (primary N) is 1. The topological polar surface area (TPSA) is 113 Å². The molecule has 0 saturated heterocycles. The number of benzene rings is 2. The van der Waals surface area contributed by atoms with Gasteiger partial charge in [0.2, 0.25) is 0 Å². The number of hydrogen-bond acceptors (Lipinski definition) is 6. The molecule has 2 aromatic heterocycles. The van der Waals surface area contributed by atoms with Crippen molar-refractivity contribution in [2.75, 3.05) is 13.7 Å². The zero-order chi connectivity index (χ0) is 30.6. The average molecular weight is 606 g/mol. The van der Waals surface area contributed by atoms with Crippen LogP contribution in [0.3, 0.4) is 0 Å². The summed E-state index contributed by atoms with van der Waals surface area (Å²) in [4.78, 5) is 35.9. The van der Waals surface area contributed by atoms with Crippen molar-refractivity contribution in [2.45, 2.75) is 57.7 Å².